The maximum Gasteiger partial charge on any atom is 0.151 e. The molecule has 1 aliphatic heterocycles. The van der Waals surface area contributed by atoms with E-state index in [1.807, 2.05) is 19.2 Å². The van der Waals surface area contributed by atoms with Gasteiger partial charge in [0.2, 0.25) is 0 Å². The lowest BCUT2D eigenvalue weighted by Gasteiger charge is -2.19. The van der Waals surface area contributed by atoms with Gasteiger partial charge in [-0.15, -0.1) is 0 Å². The molecule has 1 saturated heterocycles. The molecule has 0 saturated carbocycles. The predicted molar refractivity (Wildman–Crippen MR) is 63.9 cm³/mol. The van der Waals surface area contributed by atoms with Crippen molar-refractivity contribution in [3.8, 4) is 0 Å². The van der Waals surface area contributed by atoms with Crippen LogP contribution in [-0.2, 0) is 0 Å². The highest BCUT2D eigenvalue weighted by Crippen LogP contribution is 2.29. The summed E-state index contributed by atoms with van der Waals surface area (Å²) in [6.07, 6.45) is 1.89. The Hall–Kier alpha value is -1.25. The fourth-order valence-electron chi connectivity index (χ4n) is 2.15. The summed E-state index contributed by atoms with van der Waals surface area (Å²) in [7, 11) is 0. The Morgan fingerprint density at radius 2 is 1.93 bits per heavy atom. The van der Waals surface area contributed by atoms with E-state index < -0.39 is 0 Å². The van der Waals surface area contributed by atoms with Gasteiger partial charge >= 0.3 is 0 Å². The van der Waals surface area contributed by atoms with Crippen molar-refractivity contribution in [1.29, 1.82) is 0 Å². The van der Waals surface area contributed by atoms with Gasteiger partial charge in [-0.25, -0.2) is 4.98 Å². The molecule has 2 N–H and O–H groups in total. The van der Waals surface area contributed by atoms with Crippen LogP contribution in [0.1, 0.15) is 19.4 Å². The van der Waals surface area contributed by atoms with E-state index in [1.54, 1.807) is 0 Å². The van der Waals surface area contributed by atoms with Crippen LogP contribution in [0.3, 0.4) is 0 Å². The van der Waals surface area contributed by atoms with E-state index in [0.29, 0.717) is 0 Å². The van der Waals surface area contributed by atoms with Gasteiger partial charge < -0.3 is 10.6 Å². The van der Waals surface area contributed by atoms with Gasteiger partial charge in [0.15, 0.2) is 5.82 Å². The van der Waals surface area contributed by atoms with Crippen LogP contribution < -0.4 is 10.6 Å². The third-order valence-corrected chi connectivity index (χ3v) is 3.32. The third kappa shape index (κ3) is 1.91. The summed E-state index contributed by atoms with van der Waals surface area (Å²) in [6, 6.07) is 2.00. The van der Waals surface area contributed by atoms with Crippen molar-refractivity contribution in [2.45, 2.75) is 20.8 Å². The average molecular weight is 205 g/mol. The van der Waals surface area contributed by atoms with Crippen molar-refractivity contribution in [3.05, 3.63) is 17.8 Å². The normalized spacial score (nSPS) is 25.9. The lowest BCUT2D eigenvalue weighted by Crippen LogP contribution is -2.22. The van der Waals surface area contributed by atoms with Crippen molar-refractivity contribution in [2.75, 3.05) is 23.7 Å². The number of nitrogen functional groups attached to an aromatic ring is 1. The minimum atomic E-state index is 0.729. The standard InChI is InChI=1S/C12H19N3/c1-8-4-11(13)12(14-5-8)15-6-9(2)10(3)7-15/h4-5,9-10H,6-7,13H2,1-3H3. The number of nitrogens with two attached hydrogens (primary N) is 1. The number of nitrogens with zero attached hydrogens (tertiary/aromatic N) is 2. The minimum Gasteiger partial charge on any atom is -0.396 e. The molecule has 2 rings (SSSR count). The van der Waals surface area contributed by atoms with Gasteiger partial charge in [-0.1, -0.05) is 13.8 Å². The number of rotatable bonds is 1. The fourth-order valence-corrected chi connectivity index (χ4v) is 2.15. The summed E-state index contributed by atoms with van der Waals surface area (Å²) in [5, 5.41) is 0. The highest BCUT2D eigenvalue weighted by atomic mass is 15.2. The first-order valence-electron chi connectivity index (χ1n) is 5.55. The fraction of sp³-hybridized carbons (Fsp3) is 0.583. The summed E-state index contributed by atoms with van der Waals surface area (Å²) >= 11 is 0. The number of pyridine rings is 1. The number of anilines is 2. The number of hydrogen-bond donors (Lipinski definition) is 1. The molecule has 2 unspecified atom stereocenters. The molecule has 2 heterocycles. The molecule has 15 heavy (non-hydrogen) atoms. The SMILES string of the molecule is Cc1cnc(N2CC(C)C(C)C2)c(N)c1. The van der Waals surface area contributed by atoms with Gasteiger partial charge in [0.1, 0.15) is 0 Å². The Kier molecular flexibility index (Phi) is 2.55. The number of hydrogen-bond acceptors (Lipinski definition) is 3. The van der Waals surface area contributed by atoms with Gasteiger partial charge in [-0.3, -0.25) is 0 Å². The average Bonchev–Trinajstić information content (AvgIpc) is 2.46. The molecular weight excluding hydrogens is 186 g/mol. The molecule has 0 radical (unpaired) electrons. The maximum absolute atomic E-state index is 5.99. The van der Waals surface area contributed by atoms with Crippen molar-refractivity contribution in [2.24, 2.45) is 11.8 Å². The van der Waals surface area contributed by atoms with E-state index >= 15 is 0 Å². The van der Waals surface area contributed by atoms with Crippen LogP contribution in [0.2, 0.25) is 0 Å². The van der Waals surface area contributed by atoms with Crippen molar-refractivity contribution in [1.82, 2.24) is 4.98 Å². The highest BCUT2D eigenvalue weighted by molar-refractivity contribution is 5.63. The molecule has 3 heteroatoms. The molecule has 1 fully saturated rings. The van der Waals surface area contributed by atoms with Crippen molar-refractivity contribution < 1.29 is 0 Å². The minimum absolute atomic E-state index is 0.729. The first-order chi connectivity index (χ1) is 7.08. The molecular formula is C12H19N3. The van der Waals surface area contributed by atoms with Gasteiger partial charge in [0.25, 0.3) is 0 Å². The molecule has 1 aromatic rings. The van der Waals surface area contributed by atoms with Gasteiger partial charge in [-0.05, 0) is 30.4 Å². The van der Waals surface area contributed by atoms with Crippen LogP contribution in [0.15, 0.2) is 12.3 Å². The summed E-state index contributed by atoms with van der Waals surface area (Å²) in [5.41, 5.74) is 7.91. The second-order valence-corrected chi connectivity index (χ2v) is 4.79. The predicted octanol–water partition coefficient (Wildman–Crippen LogP) is 2.06. The molecule has 2 atom stereocenters. The van der Waals surface area contributed by atoms with E-state index in [1.165, 1.54) is 0 Å². The summed E-state index contributed by atoms with van der Waals surface area (Å²) in [6.45, 7) is 8.73. The van der Waals surface area contributed by atoms with Crippen molar-refractivity contribution >= 4 is 11.5 Å². The number of aryl methyl sites for hydroxylation is 1. The summed E-state index contributed by atoms with van der Waals surface area (Å²) < 4.78 is 0. The van der Waals surface area contributed by atoms with E-state index in [4.69, 9.17) is 5.73 Å². The van der Waals surface area contributed by atoms with E-state index in [9.17, 15) is 0 Å². The first-order valence-corrected chi connectivity index (χ1v) is 5.55. The Morgan fingerprint density at radius 3 is 2.47 bits per heavy atom. The van der Waals surface area contributed by atoms with E-state index in [-0.39, 0.29) is 0 Å². The molecule has 82 valence electrons. The second kappa shape index (κ2) is 3.72. The molecule has 1 aliphatic rings. The lowest BCUT2D eigenvalue weighted by molar-refractivity contribution is 0.494. The third-order valence-electron chi connectivity index (χ3n) is 3.32. The Labute approximate surface area is 91.3 Å². The molecule has 0 bridgehead atoms. The topological polar surface area (TPSA) is 42.2 Å². The lowest BCUT2D eigenvalue weighted by atomic mass is 10.0. The Morgan fingerprint density at radius 1 is 1.33 bits per heavy atom. The van der Waals surface area contributed by atoms with Gasteiger partial charge in [0.05, 0.1) is 5.69 Å². The second-order valence-electron chi connectivity index (χ2n) is 4.79. The molecule has 0 aromatic carbocycles. The molecule has 1 aromatic heterocycles. The zero-order chi connectivity index (χ0) is 11.0. The van der Waals surface area contributed by atoms with Gasteiger partial charge in [-0.2, -0.15) is 0 Å². The van der Waals surface area contributed by atoms with Crippen molar-refractivity contribution in [3.63, 3.8) is 0 Å². The zero-order valence-electron chi connectivity index (χ0n) is 9.70. The van der Waals surface area contributed by atoms with Crippen LogP contribution in [-0.4, -0.2) is 18.1 Å². The molecule has 0 amide bonds. The van der Waals surface area contributed by atoms with Crippen LogP contribution in [0.5, 0.6) is 0 Å². The molecule has 0 aliphatic carbocycles. The maximum atomic E-state index is 5.99. The van der Waals surface area contributed by atoms with Crippen LogP contribution in [0.4, 0.5) is 11.5 Å². The summed E-state index contributed by atoms with van der Waals surface area (Å²) in [5.74, 6) is 2.41. The van der Waals surface area contributed by atoms with Crippen LogP contribution in [0.25, 0.3) is 0 Å². The monoisotopic (exact) mass is 205 g/mol. The number of aromatic nitrogens is 1. The first kappa shape index (κ1) is 10.3. The highest BCUT2D eigenvalue weighted by Gasteiger charge is 2.27. The molecule has 0 spiro atoms. The Balaban J connectivity index is 2.24. The molecule has 3 nitrogen and oxygen atoms in total. The largest absolute Gasteiger partial charge is 0.396 e. The van der Waals surface area contributed by atoms with Crippen LogP contribution >= 0.6 is 0 Å². The quantitative estimate of drug-likeness (QED) is 0.763. The Bertz CT molecular complexity index is 352. The van der Waals surface area contributed by atoms with E-state index in [0.717, 1.165) is 42.0 Å². The van der Waals surface area contributed by atoms with Gasteiger partial charge in [0, 0.05) is 19.3 Å². The zero-order valence-corrected chi connectivity index (χ0v) is 9.70. The smallest absolute Gasteiger partial charge is 0.151 e. The summed E-state index contributed by atoms with van der Waals surface area (Å²) in [4.78, 5) is 6.73. The van der Waals surface area contributed by atoms with Crippen LogP contribution in [0, 0.1) is 18.8 Å². The van der Waals surface area contributed by atoms with E-state index in [2.05, 4.69) is 23.7 Å².